The average molecular weight is 560 g/mol. The Balaban J connectivity index is 0.00000106. The van der Waals surface area contributed by atoms with E-state index in [0.717, 1.165) is 67.8 Å². The molecule has 6 nitrogen and oxygen atoms in total. The average Bonchev–Trinajstić information content (AvgIpc) is 3.10. The van der Waals surface area contributed by atoms with E-state index in [-0.39, 0.29) is 6.04 Å². The van der Waals surface area contributed by atoms with Gasteiger partial charge in [-0.1, -0.05) is 46.3 Å². The molecule has 36 heavy (non-hydrogen) atoms. The SMILES string of the molecule is CCOC.CNc1ccc(Br)cc1C1=CC(c2ccc(CN(C)CCN(C)C)cc2)N(C=O)CCC1. The summed E-state index contributed by atoms with van der Waals surface area (Å²) >= 11 is 3.62. The van der Waals surface area contributed by atoms with E-state index in [1.807, 2.05) is 18.9 Å². The maximum atomic E-state index is 11.9. The van der Waals surface area contributed by atoms with Crippen LogP contribution in [-0.2, 0) is 16.1 Å². The summed E-state index contributed by atoms with van der Waals surface area (Å²) in [7, 11) is 9.99. The molecule has 2 aromatic rings. The number of halogens is 1. The topological polar surface area (TPSA) is 48.1 Å². The quantitative estimate of drug-likeness (QED) is 0.389. The van der Waals surface area contributed by atoms with E-state index in [1.165, 1.54) is 16.7 Å². The van der Waals surface area contributed by atoms with Gasteiger partial charge in [-0.15, -0.1) is 0 Å². The summed E-state index contributed by atoms with van der Waals surface area (Å²) in [5.74, 6) is 0. The van der Waals surface area contributed by atoms with Gasteiger partial charge in [-0.2, -0.15) is 0 Å². The lowest BCUT2D eigenvalue weighted by Gasteiger charge is -2.25. The molecule has 0 spiro atoms. The Bertz CT molecular complexity index is 960. The molecule has 1 N–H and O–H groups in total. The van der Waals surface area contributed by atoms with E-state index in [1.54, 1.807) is 7.11 Å². The summed E-state index contributed by atoms with van der Waals surface area (Å²) in [6.07, 6.45) is 5.15. The Kier molecular flexibility index (Phi) is 13.2. The second kappa shape index (κ2) is 15.8. The molecule has 1 aliphatic rings. The fourth-order valence-electron chi connectivity index (χ4n) is 4.17. The number of allylic oxidation sites excluding steroid dienone is 1. The highest BCUT2D eigenvalue weighted by Crippen LogP contribution is 2.36. The monoisotopic (exact) mass is 558 g/mol. The van der Waals surface area contributed by atoms with E-state index >= 15 is 0 Å². The minimum Gasteiger partial charge on any atom is -0.388 e. The largest absolute Gasteiger partial charge is 0.388 e. The number of hydrogen-bond donors (Lipinski definition) is 1. The normalized spacial score (nSPS) is 15.8. The maximum Gasteiger partial charge on any atom is 0.210 e. The molecular formula is C29H43BrN4O2. The number of rotatable bonds is 10. The number of carbonyl (C=O) groups excluding carboxylic acids is 1. The molecule has 0 aromatic heterocycles. The summed E-state index contributed by atoms with van der Waals surface area (Å²) in [5.41, 5.74) is 6.01. The molecule has 3 rings (SSSR count). The first kappa shape index (κ1) is 30.0. The number of benzene rings is 2. The number of hydrogen-bond acceptors (Lipinski definition) is 5. The minimum atomic E-state index is -0.0609. The second-order valence-electron chi connectivity index (χ2n) is 9.38. The van der Waals surface area contributed by atoms with Crippen LogP contribution in [0.25, 0.3) is 5.57 Å². The van der Waals surface area contributed by atoms with Crippen molar-refractivity contribution in [2.45, 2.75) is 32.4 Å². The molecular weight excluding hydrogens is 516 g/mol. The van der Waals surface area contributed by atoms with Crippen LogP contribution < -0.4 is 5.32 Å². The minimum absolute atomic E-state index is 0.0609. The standard InChI is InChI=1S/C26H35BrN4O.C3H8O/c1-28-25-12-11-23(27)17-24(25)22-6-5-13-31(19-32)26(16-22)21-9-7-20(8-10-21)18-30(4)15-14-29(2)3;1-3-4-2/h7-12,16-17,19,26,28H,5-6,13-15,18H2,1-4H3;3H2,1-2H3. The Hall–Kier alpha value is -2.19. The first-order valence-electron chi connectivity index (χ1n) is 12.6. The lowest BCUT2D eigenvalue weighted by Crippen LogP contribution is -2.28. The summed E-state index contributed by atoms with van der Waals surface area (Å²) in [6, 6.07) is 15.0. The molecule has 1 unspecified atom stereocenters. The predicted octanol–water partition coefficient (Wildman–Crippen LogP) is 5.51. The van der Waals surface area contributed by atoms with Gasteiger partial charge in [0.05, 0.1) is 6.04 Å². The van der Waals surface area contributed by atoms with Crippen LogP contribution in [0.15, 0.2) is 53.0 Å². The molecule has 0 saturated carbocycles. The number of likely N-dealkylation sites (N-methyl/N-ethyl adjacent to an activating group) is 2. The number of ether oxygens (including phenoxy) is 1. The lowest BCUT2D eigenvalue weighted by atomic mass is 9.96. The maximum absolute atomic E-state index is 11.9. The van der Waals surface area contributed by atoms with Crippen LogP contribution in [0, 0.1) is 0 Å². The number of methoxy groups -OCH3 is 1. The highest BCUT2D eigenvalue weighted by atomic mass is 79.9. The Morgan fingerprint density at radius 2 is 1.83 bits per heavy atom. The van der Waals surface area contributed by atoms with Crippen molar-refractivity contribution in [3.8, 4) is 0 Å². The van der Waals surface area contributed by atoms with Crippen LogP contribution in [0.1, 0.15) is 42.5 Å². The van der Waals surface area contributed by atoms with Gasteiger partial charge in [0.2, 0.25) is 6.41 Å². The third-order valence-electron chi connectivity index (χ3n) is 6.30. The van der Waals surface area contributed by atoms with Gasteiger partial charge in [-0.3, -0.25) is 4.79 Å². The van der Waals surface area contributed by atoms with Crippen molar-refractivity contribution in [2.75, 3.05) is 66.9 Å². The lowest BCUT2D eigenvalue weighted by molar-refractivity contribution is -0.119. The zero-order chi connectivity index (χ0) is 26.5. The van der Waals surface area contributed by atoms with Crippen LogP contribution in [0.2, 0.25) is 0 Å². The Morgan fingerprint density at radius 3 is 2.42 bits per heavy atom. The molecule has 7 heteroatoms. The molecule has 0 radical (unpaired) electrons. The van der Waals surface area contributed by atoms with Gasteiger partial charge in [0, 0.05) is 62.7 Å². The summed E-state index contributed by atoms with van der Waals surface area (Å²) in [4.78, 5) is 18.4. The van der Waals surface area contributed by atoms with E-state index in [4.69, 9.17) is 0 Å². The van der Waals surface area contributed by atoms with Crippen LogP contribution in [0.3, 0.4) is 0 Å². The number of nitrogens with zero attached hydrogens (tertiary/aromatic N) is 3. The van der Waals surface area contributed by atoms with Gasteiger partial charge >= 0.3 is 0 Å². The molecule has 0 fully saturated rings. The highest BCUT2D eigenvalue weighted by molar-refractivity contribution is 9.10. The van der Waals surface area contributed by atoms with E-state index < -0.39 is 0 Å². The Labute approximate surface area is 226 Å². The van der Waals surface area contributed by atoms with Crippen molar-refractivity contribution in [2.24, 2.45) is 0 Å². The first-order valence-corrected chi connectivity index (χ1v) is 13.4. The van der Waals surface area contributed by atoms with Crippen LogP contribution >= 0.6 is 15.9 Å². The Morgan fingerprint density at radius 1 is 1.14 bits per heavy atom. The van der Waals surface area contributed by atoms with Gasteiger partial charge < -0.3 is 24.8 Å². The van der Waals surface area contributed by atoms with Gasteiger partial charge in [-0.05, 0) is 75.8 Å². The van der Waals surface area contributed by atoms with Crippen molar-refractivity contribution < 1.29 is 9.53 Å². The molecule has 1 atom stereocenters. The number of amides is 1. The number of carbonyl (C=O) groups is 1. The van der Waals surface area contributed by atoms with Gasteiger partial charge in [0.1, 0.15) is 0 Å². The summed E-state index contributed by atoms with van der Waals surface area (Å²) in [6.45, 7) is 6.53. The molecule has 1 amide bonds. The number of nitrogens with one attached hydrogen (secondary N) is 1. The van der Waals surface area contributed by atoms with Crippen molar-refractivity contribution in [3.05, 3.63) is 69.7 Å². The molecule has 1 aliphatic heterocycles. The van der Waals surface area contributed by atoms with Crippen molar-refractivity contribution in [1.29, 1.82) is 0 Å². The van der Waals surface area contributed by atoms with Gasteiger partial charge in [0.15, 0.2) is 0 Å². The van der Waals surface area contributed by atoms with E-state index in [9.17, 15) is 4.79 Å². The molecule has 0 aliphatic carbocycles. The van der Waals surface area contributed by atoms with E-state index in [2.05, 4.69) is 105 Å². The third-order valence-corrected chi connectivity index (χ3v) is 6.80. The van der Waals surface area contributed by atoms with Gasteiger partial charge in [-0.25, -0.2) is 0 Å². The van der Waals surface area contributed by atoms with Crippen LogP contribution in [-0.4, -0.2) is 82.7 Å². The van der Waals surface area contributed by atoms with Crippen molar-refractivity contribution >= 4 is 33.6 Å². The first-order chi connectivity index (χ1) is 17.3. The fraction of sp³-hybridized carbons (Fsp3) is 0.483. The molecule has 0 bridgehead atoms. The highest BCUT2D eigenvalue weighted by Gasteiger charge is 2.22. The molecule has 2 aromatic carbocycles. The van der Waals surface area contributed by atoms with Crippen molar-refractivity contribution in [1.82, 2.24) is 14.7 Å². The summed E-state index contributed by atoms with van der Waals surface area (Å²) < 4.78 is 5.60. The van der Waals surface area contributed by atoms with Gasteiger partial charge in [0.25, 0.3) is 0 Å². The molecule has 1 heterocycles. The smallest absolute Gasteiger partial charge is 0.210 e. The third kappa shape index (κ3) is 9.36. The fourth-order valence-corrected chi connectivity index (χ4v) is 4.53. The zero-order valence-corrected chi connectivity index (χ0v) is 24.3. The second-order valence-corrected chi connectivity index (χ2v) is 10.3. The van der Waals surface area contributed by atoms with Crippen LogP contribution in [0.5, 0.6) is 0 Å². The zero-order valence-electron chi connectivity index (χ0n) is 22.8. The predicted molar refractivity (Wildman–Crippen MR) is 155 cm³/mol. The van der Waals surface area contributed by atoms with E-state index in [0.29, 0.717) is 0 Å². The summed E-state index contributed by atoms with van der Waals surface area (Å²) in [5, 5.41) is 3.31. The molecule has 0 saturated heterocycles. The molecule has 198 valence electrons. The number of anilines is 1. The van der Waals surface area contributed by atoms with Crippen molar-refractivity contribution in [3.63, 3.8) is 0 Å². The van der Waals surface area contributed by atoms with Crippen LogP contribution in [0.4, 0.5) is 5.69 Å².